The molecule has 0 amide bonds. The first-order chi connectivity index (χ1) is 34.1. The average Bonchev–Trinajstić information content (AvgIpc) is 3.80. The number of fused-ring (bicyclic) bond motifs is 7. The molecule has 12 N–H and O–H groups in total. The lowest BCUT2D eigenvalue weighted by Gasteiger charge is -2.60. The zero-order valence-corrected chi connectivity index (χ0v) is 41.7. The van der Waals surface area contributed by atoms with Crippen molar-refractivity contribution in [1.29, 1.82) is 0 Å². The van der Waals surface area contributed by atoms with Gasteiger partial charge in [0.2, 0.25) is 0 Å². The highest BCUT2D eigenvalue weighted by Crippen LogP contribution is 2.71. The SMILES string of the molecule is C[C@H]1CC[C@@]2(OC1)O[C@H]1C[C@H]3[C@@H]4CC=C5C[C@@H](O)C[C@@H](O[C@@H]6O[C@H](CO)[C@@H](O)[C@H](O[C@@H]7O[C@@H](C)[C@H](O)[C@@H](O[C@@H]8O[C@H](CO)[C@@H](O)[C@H](O)[C@H]8O)[C@H]7O[C@H]7OC[C@@H](O)[C@H](O)[C@H]7O)[C@H]6O)[C@]5(C)[C@H]4CC[C@]3(C)[C@H]1[C@@H]2C. The lowest BCUT2D eigenvalue weighted by molar-refractivity contribution is -0.401. The van der Waals surface area contributed by atoms with Crippen LogP contribution in [0.25, 0.3) is 0 Å². The molecule has 0 aromatic heterocycles. The Morgan fingerprint density at radius 1 is 0.625 bits per heavy atom. The summed E-state index contributed by atoms with van der Waals surface area (Å²) in [6.45, 7) is 9.22. The van der Waals surface area contributed by atoms with E-state index in [4.69, 9.17) is 47.4 Å². The third-order valence-electron chi connectivity index (χ3n) is 19.5. The molecule has 4 aliphatic carbocycles. The molecule has 412 valence electrons. The predicted molar refractivity (Wildman–Crippen MR) is 242 cm³/mol. The van der Waals surface area contributed by atoms with Crippen LogP contribution in [0.15, 0.2) is 11.6 Å². The Labute approximate surface area is 419 Å². The van der Waals surface area contributed by atoms with Crippen molar-refractivity contribution in [3.8, 4) is 0 Å². The normalized spacial score (nSPS) is 57.8. The molecule has 0 unspecified atom stereocenters. The van der Waals surface area contributed by atoms with E-state index in [2.05, 4.69) is 33.8 Å². The van der Waals surface area contributed by atoms with Crippen LogP contribution in [0.2, 0.25) is 0 Å². The highest BCUT2D eigenvalue weighted by atomic mass is 16.8. The number of hydrogen-bond donors (Lipinski definition) is 12. The molecule has 31 atom stereocenters. The van der Waals surface area contributed by atoms with Crippen molar-refractivity contribution in [3.05, 3.63) is 11.6 Å². The van der Waals surface area contributed by atoms with Gasteiger partial charge in [0.25, 0.3) is 0 Å². The van der Waals surface area contributed by atoms with Gasteiger partial charge in [-0.3, -0.25) is 0 Å². The average molecular weight is 1030 g/mol. The number of rotatable bonds is 10. The van der Waals surface area contributed by atoms with E-state index >= 15 is 0 Å². The summed E-state index contributed by atoms with van der Waals surface area (Å²) in [5, 5.41) is 131. The maximum absolute atomic E-state index is 12.3. The fraction of sp³-hybridized carbons (Fsp3) is 0.960. The van der Waals surface area contributed by atoms with Gasteiger partial charge in [-0.15, -0.1) is 0 Å². The van der Waals surface area contributed by atoms with Crippen LogP contribution < -0.4 is 0 Å². The highest BCUT2D eigenvalue weighted by Gasteiger charge is 2.70. The monoisotopic (exact) mass is 1030 g/mol. The maximum Gasteiger partial charge on any atom is 0.187 e. The third kappa shape index (κ3) is 8.99. The largest absolute Gasteiger partial charge is 0.394 e. The van der Waals surface area contributed by atoms with Crippen molar-refractivity contribution in [2.24, 2.45) is 46.3 Å². The van der Waals surface area contributed by atoms with Crippen LogP contribution in [0.3, 0.4) is 0 Å². The van der Waals surface area contributed by atoms with Crippen molar-refractivity contribution in [3.63, 3.8) is 0 Å². The van der Waals surface area contributed by atoms with Gasteiger partial charge in [0.1, 0.15) is 85.5 Å². The number of ether oxygens (including phenoxy) is 10. The minimum atomic E-state index is -1.94. The van der Waals surface area contributed by atoms with Crippen molar-refractivity contribution in [1.82, 2.24) is 0 Å². The molecule has 10 aliphatic rings. The van der Waals surface area contributed by atoms with E-state index in [0.717, 1.165) is 44.1 Å². The minimum Gasteiger partial charge on any atom is -0.394 e. The van der Waals surface area contributed by atoms with E-state index in [1.54, 1.807) is 0 Å². The lowest BCUT2D eigenvalue weighted by atomic mass is 9.46. The Bertz CT molecular complexity index is 1910. The molecular weight excluding hydrogens is 953 g/mol. The first kappa shape index (κ1) is 54.2. The third-order valence-corrected chi connectivity index (χ3v) is 19.5. The van der Waals surface area contributed by atoms with Gasteiger partial charge in [0.15, 0.2) is 30.9 Å². The van der Waals surface area contributed by atoms with Crippen molar-refractivity contribution in [2.45, 2.75) is 227 Å². The van der Waals surface area contributed by atoms with E-state index in [-0.39, 0.29) is 35.7 Å². The number of hydrogen-bond acceptors (Lipinski definition) is 22. The minimum absolute atomic E-state index is 0.0164. The summed E-state index contributed by atoms with van der Waals surface area (Å²) in [6.07, 6.45) is -25.0. The van der Waals surface area contributed by atoms with Crippen LogP contribution in [-0.2, 0) is 47.4 Å². The molecule has 0 radical (unpaired) electrons. The molecule has 6 aliphatic heterocycles. The summed E-state index contributed by atoms with van der Waals surface area (Å²) in [6, 6.07) is 0. The predicted octanol–water partition coefficient (Wildman–Crippen LogP) is -2.35. The molecule has 1 spiro atoms. The van der Waals surface area contributed by atoms with Gasteiger partial charge in [-0.05, 0) is 80.5 Å². The van der Waals surface area contributed by atoms with E-state index in [9.17, 15) is 61.3 Å². The van der Waals surface area contributed by atoms with Crippen molar-refractivity contribution >= 4 is 0 Å². The van der Waals surface area contributed by atoms with E-state index in [1.165, 1.54) is 6.92 Å². The molecule has 6 heterocycles. The van der Waals surface area contributed by atoms with Gasteiger partial charge >= 0.3 is 0 Å². The Morgan fingerprint density at radius 3 is 1.99 bits per heavy atom. The standard InChI is InChI=1S/C50H80O22/c1-19-8-11-50(64-17-19)20(2)32-28(72-50)14-26-24-7-6-22-12-23(53)13-31(49(22,5)25(24)9-10-48(26,32)4)68-46-40(62)41(36(58)30(16-52)67-46)69-47-43(71-44-38(60)34(56)27(54)18-63-44)42(33(55)21(3)65-47)70-45-39(61)37(59)35(57)29(15-51)66-45/h6,19-21,23-47,51-62H,7-18H2,1-5H3/t19-,20-,21-,23+,24+,25-,26-,27+,28-,29+,30+,31+,32-,33-,34-,35+,36+,37-,38+,39+,40+,41-,42+,43+,44+,45-,46-,47-,48-,49-,50+/m0/s1. The first-order valence-electron chi connectivity index (χ1n) is 26.4. The van der Waals surface area contributed by atoms with E-state index in [0.29, 0.717) is 30.8 Å². The number of allylic oxidation sites excluding steroid dienone is 1. The molecule has 0 bridgehead atoms. The van der Waals surface area contributed by atoms with Crippen LogP contribution in [0, 0.1) is 46.3 Å². The topological polar surface area (TPSA) is 335 Å². The summed E-state index contributed by atoms with van der Waals surface area (Å²) in [5.74, 6) is 1.31. The Balaban J connectivity index is 0.905. The first-order valence-corrected chi connectivity index (χ1v) is 26.4. The van der Waals surface area contributed by atoms with E-state index < -0.39 is 160 Å². The van der Waals surface area contributed by atoms with Gasteiger partial charge in [0.05, 0.1) is 50.8 Å². The summed E-state index contributed by atoms with van der Waals surface area (Å²) in [4.78, 5) is 0. The number of aliphatic hydroxyl groups excluding tert-OH is 12. The highest BCUT2D eigenvalue weighted by molar-refractivity contribution is 5.29. The smallest absolute Gasteiger partial charge is 0.187 e. The molecule has 6 saturated heterocycles. The molecule has 22 heteroatoms. The fourth-order valence-electron chi connectivity index (χ4n) is 15.3. The summed E-state index contributed by atoms with van der Waals surface area (Å²) in [7, 11) is 0. The fourth-order valence-corrected chi connectivity index (χ4v) is 15.3. The molecule has 3 saturated carbocycles. The second kappa shape index (κ2) is 20.6. The molecule has 22 nitrogen and oxygen atoms in total. The van der Waals surface area contributed by atoms with Crippen molar-refractivity contribution < 1.29 is 109 Å². The Hall–Kier alpha value is -1.14. The maximum atomic E-state index is 12.3. The van der Waals surface area contributed by atoms with Gasteiger partial charge in [-0.2, -0.15) is 0 Å². The van der Waals surface area contributed by atoms with E-state index in [1.807, 2.05) is 0 Å². The van der Waals surface area contributed by atoms with Crippen molar-refractivity contribution in [2.75, 3.05) is 26.4 Å². The molecule has 72 heavy (non-hydrogen) atoms. The Kier molecular flexibility index (Phi) is 15.5. The quantitative estimate of drug-likeness (QED) is 0.102. The van der Waals surface area contributed by atoms with Crippen LogP contribution in [0.4, 0.5) is 0 Å². The summed E-state index contributed by atoms with van der Waals surface area (Å²) in [5.41, 5.74) is 0.465. The van der Waals surface area contributed by atoms with Crippen LogP contribution in [0.5, 0.6) is 0 Å². The molecular formula is C50H80O22. The summed E-state index contributed by atoms with van der Waals surface area (Å²) < 4.78 is 62.4. The van der Waals surface area contributed by atoms with Crippen LogP contribution in [0.1, 0.15) is 86.0 Å². The Morgan fingerprint density at radius 2 is 1.29 bits per heavy atom. The van der Waals surface area contributed by atoms with Gasteiger partial charge < -0.3 is 109 Å². The lowest BCUT2D eigenvalue weighted by Crippen LogP contribution is -2.68. The second-order valence-corrected chi connectivity index (χ2v) is 23.5. The van der Waals surface area contributed by atoms with Gasteiger partial charge in [-0.25, -0.2) is 0 Å². The molecule has 0 aromatic rings. The van der Waals surface area contributed by atoms with Gasteiger partial charge in [0, 0.05) is 24.2 Å². The molecule has 9 fully saturated rings. The molecule has 10 rings (SSSR count). The second-order valence-electron chi connectivity index (χ2n) is 23.5. The van der Waals surface area contributed by atoms with Crippen LogP contribution >= 0.6 is 0 Å². The molecule has 0 aromatic carbocycles. The van der Waals surface area contributed by atoms with Gasteiger partial charge in [-0.1, -0.05) is 39.3 Å². The number of aliphatic hydroxyl groups is 12. The zero-order chi connectivity index (χ0) is 51.5. The van der Waals surface area contributed by atoms with Crippen LogP contribution in [-0.4, -0.2) is 229 Å². The summed E-state index contributed by atoms with van der Waals surface area (Å²) >= 11 is 0. The zero-order valence-electron chi connectivity index (χ0n) is 41.7.